The summed E-state index contributed by atoms with van der Waals surface area (Å²) in [7, 11) is 0. The third-order valence-corrected chi connectivity index (χ3v) is 4.94. The Morgan fingerprint density at radius 2 is 1.26 bits per heavy atom. The summed E-state index contributed by atoms with van der Waals surface area (Å²) >= 11 is 7.45. The molecule has 0 saturated carbocycles. The number of rotatable bonds is 5. The molecule has 0 amide bonds. The van der Waals surface area contributed by atoms with Gasteiger partial charge in [-0.3, -0.25) is 0 Å². The van der Waals surface area contributed by atoms with E-state index in [0.717, 1.165) is 5.33 Å². The summed E-state index contributed by atoms with van der Waals surface area (Å²) in [6.45, 7) is 2.23. The predicted octanol–water partition coefficient (Wildman–Crippen LogP) is 5.61. The first-order valence-corrected chi connectivity index (χ1v) is 8.57. The SMILES string of the molecule is CC(Br)C(CBr)C(c1ccccc1)c1ccccc1. The summed E-state index contributed by atoms with van der Waals surface area (Å²) in [6, 6.07) is 21.5. The maximum atomic E-state index is 3.77. The lowest BCUT2D eigenvalue weighted by Gasteiger charge is -2.29. The van der Waals surface area contributed by atoms with Crippen LogP contribution in [0.1, 0.15) is 24.0 Å². The van der Waals surface area contributed by atoms with Gasteiger partial charge in [0.1, 0.15) is 0 Å². The van der Waals surface area contributed by atoms with Crippen molar-refractivity contribution in [3.05, 3.63) is 71.8 Å². The second kappa shape index (κ2) is 7.25. The minimum Gasteiger partial charge on any atom is -0.0924 e. The van der Waals surface area contributed by atoms with Gasteiger partial charge in [-0.05, 0) is 17.0 Å². The highest BCUT2D eigenvalue weighted by Gasteiger charge is 2.27. The van der Waals surface area contributed by atoms with Crippen molar-refractivity contribution in [2.24, 2.45) is 5.92 Å². The van der Waals surface area contributed by atoms with Crippen molar-refractivity contribution < 1.29 is 0 Å². The van der Waals surface area contributed by atoms with E-state index < -0.39 is 0 Å². The summed E-state index contributed by atoms with van der Waals surface area (Å²) < 4.78 is 0. The normalized spacial score (nSPS) is 14.3. The molecule has 2 atom stereocenters. The molecule has 2 rings (SSSR count). The highest BCUT2D eigenvalue weighted by atomic mass is 79.9. The van der Waals surface area contributed by atoms with Crippen LogP contribution in [0.5, 0.6) is 0 Å². The first-order valence-electron chi connectivity index (χ1n) is 6.54. The minimum atomic E-state index is 0.413. The second-order valence-electron chi connectivity index (χ2n) is 4.79. The number of hydrogen-bond donors (Lipinski definition) is 0. The Kier molecular flexibility index (Phi) is 5.65. The van der Waals surface area contributed by atoms with Crippen molar-refractivity contribution >= 4 is 31.9 Å². The average molecular weight is 382 g/mol. The van der Waals surface area contributed by atoms with Crippen LogP contribution in [0.4, 0.5) is 0 Å². The molecular weight excluding hydrogens is 364 g/mol. The van der Waals surface area contributed by atoms with E-state index in [1.165, 1.54) is 11.1 Å². The molecule has 0 nitrogen and oxygen atoms in total. The van der Waals surface area contributed by atoms with Crippen molar-refractivity contribution in [1.29, 1.82) is 0 Å². The van der Waals surface area contributed by atoms with Crippen LogP contribution in [0.15, 0.2) is 60.7 Å². The molecule has 0 heterocycles. The Hall–Kier alpha value is -0.600. The van der Waals surface area contributed by atoms with Crippen LogP contribution < -0.4 is 0 Å². The van der Waals surface area contributed by atoms with Gasteiger partial charge >= 0.3 is 0 Å². The van der Waals surface area contributed by atoms with Gasteiger partial charge in [0.05, 0.1) is 0 Å². The molecular formula is C17H18Br2. The summed E-state index contributed by atoms with van der Waals surface area (Å²) in [4.78, 5) is 0.456. The molecule has 0 bridgehead atoms. The van der Waals surface area contributed by atoms with Gasteiger partial charge in [-0.15, -0.1) is 0 Å². The molecule has 2 aromatic rings. The van der Waals surface area contributed by atoms with E-state index in [4.69, 9.17) is 0 Å². The van der Waals surface area contributed by atoms with E-state index in [2.05, 4.69) is 99.4 Å². The topological polar surface area (TPSA) is 0 Å². The zero-order valence-electron chi connectivity index (χ0n) is 11.0. The van der Waals surface area contributed by atoms with Gasteiger partial charge in [0.15, 0.2) is 0 Å². The first-order chi connectivity index (χ1) is 9.24. The molecule has 0 saturated heterocycles. The largest absolute Gasteiger partial charge is 0.0924 e. The molecule has 0 aliphatic heterocycles. The smallest absolute Gasteiger partial charge is 0.0162 e. The second-order valence-corrected chi connectivity index (χ2v) is 6.89. The number of alkyl halides is 2. The zero-order valence-corrected chi connectivity index (χ0v) is 14.1. The van der Waals surface area contributed by atoms with E-state index in [9.17, 15) is 0 Å². The third-order valence-electron chi connectivity index (χ3n) is 3.51. The lowest BCUT2D eigenvalue weighted by atomic mass is 9.80. The van der Waals surface area contributed by atoms with Gasteiger partial charge in [-0.1, -0.05) is 99.4 Å². The van der Waals surface area contributed by atoms with Gasteiger partial charge in [0.2, 0.25) is 0 Å². The molecule has 0 N–H and O–H groups in total. The molecule has 0 spiro atoms. The monoisotopic (exact) mass is 380 g/mol. The Bertz CT molecular complexity index is 440. The van der Waals surface area contributed by atoms with Crippen LogP contribution >= 0.6 is 31.9 Å². The molecule has 100 valence electrons. The predicted molar refractivity (Wildman–Crippen MR) is 90.4 cm³/mol. The van der Waals surface area contributed by atoms with Gasteiger partial charge in [0.25, 0.3) is 0 Å². The van der Waals surface area contributed by atoms with Crippen LogP contribution in [-0.4, -0.2) is 10.2 Å². The van der Waals surface area contributed by atoms with E-state index >= 15 is 0 Å². The highest BCUT2D eigenvalue weighted by Crippen LogP contribution is 2.37. The van der Waals surface area contributed by atoms with Crippen molar-refractivity contribution in [3.63, 3.8) is 0 Å². The molecule has 0 fully saturated rings. The van der Waals surface area contributed by atoms with Crippen molar-refractivity contribution in [2.45, 2.75) is 17.7 Å². The van der Waals surface area contributed by atoms with Crippen LogP contribution in [0.3, 0.4) is 0 Å². The lowest BCUT2D eigenvalue weighted by Crippen LogP contribution is -2.23. The summed E-state index contributed by atoms with van der Waals surface area (Å²) in [6.07, 6.45) is 0. The Balaban J connectivity index is 2.45. The Morgan fingerprint density at radius 3 is 1.58 bits per heavy atom. The molecule has 0 radical (unpaired) electrons. The van der Waals surface area contributed by atoms with Gasteiger partial charge in [0, 0.05) is 16.1 Å². The van der Waals surface area contributed by atoms with Crippen LogP contribution in [0.2, 0.25) is 0 Å². The van der Waals surface area contributed by atoms with Crippen LogP contribution in [-0.2, 0) is 0 Å². The maximum Gasteiger partial charge on any atom is 0.0162 e. The van der Waals surface area contributed by atoms with Crippen LogP contribution in [0, 0.1) is 5.92 Å². The molecule has 0 aliphatic carbocycles. The fraction of sp³-hybridized carbons (Fsp3) is 0.294. The summed E-state index contributed by atoms with van der Waals surface area (Å²) in [5, 5.41) is 0.980. The average Bonchev–Trinajstić information content (AvgIpc) is 2.46. The molecule has 2 heteroatoms. The van der Waals surface area contributed by atoms with Crippen molar-refractivity contribution in [3.8, 4) is 0 Å². The van der Waals surface area contributed by atoms with E-state index in [1.807, 2.05) is 0 Å². The third kappa shape index (κ3) is 3.70. The first kappa shape index (κ1) is 14.8. The van der Waals surface area contributed by atoms with E-state index in [-0.39, 0.29) is 0 Å². The van der Waals surface area contributed by atoms with Crippen molar-refractivity contribution in [1.82, 2.24) is 0 Å². The number of benzene rings is 2. The fourth-order valence-corrected chi connectivity index (χ4v) is 4.41. The lowest BCUT2D eigenvalue weighted by molar-refractivity contribution is 0.525. The maximum absolute atomic E-state index is 3.77. The molecule has 0 aliphatic rings. The van der Waals surface area contributed by atoms with E-state index in [1.54, 1.807) is 0 Å². The molecule has 0 aromatic heterocycles. The fourth-order valence-electron chi connectivity index (χ4n) is 2.48. The molecule has 19 heavy (non-hydrogen) atoms. The van der Waals surface area contributed by atoms with Crippen LogP contribution in [0.25, 0.3) is 0 Å². The summed E-state index contributed by atoms with van der Waals surface area (Å²) in [5.74, 6) is 0.931. The van der Waals surface area contributed by atoms with Gasteiger partial charge in [-0.25, -0.2) is 0 Å². The summed E-state index contributed by atoms with van der Waals surface area (Å²) in [5.41, 5.74) is 2.76. The molecule has 2 unspecified atom stereocenters. The molecule has 2 aromatic carbocycles. The number of halogens is 2. The number of hydrogen-bond acceptors (Lipinski definition) is 0. The zero-order chi connectivity index (χ0) is 13.7. The Labute approximate surface area is 132 Å². The van der Waals surface area contributed by atoms with Gasteiger partial charge < -0.3 is 0 Å². The Morgan fingerprint density at radius 1 is 0.842 bits per heavy atom. The minimum absolute atomic E-state index is 0.413. The standard InChI is InChI=1S/C17H18Br2/c1-13(19)16(12-18)17(14-8-4-2-5-9-14)15-10-6-3-7-11-15/h2-11,13,16-17H,12H2,1H3. The van der Waals surface area contributed by atoms with Gasteiger partial charge in [-0.2, -0.15) is 0 Å². The quantitative estimate of drug-likeness (QED) is 0.590. The highest BCUT2D eigenvalue weighted by molar-refractivity contribution is 9.10. The van der Waals surface area contributed by atoms with Crippen molar-refractivity contribution in [2.75, 3.05) is 5.33 Å². The van der Waals surface area contributed by atoms with E-state index in [0.29, 0.717) is 16.7 Å².